The number of methoxy groups -OCH3 is 1. The summed E-state index contributed by atoms with van der Waals surface area (Å²) < 4.78 is 10.9. The highest BCUT2D eigenvalue weighted by Crippen LogP contribution is 2.26. The van der Waals surface area contributed by atoms with E-state index in [1.54, 1.807) is 25.1 Å². The molecule has 3 aromatic rings. The van der Waals surface area contributed by atoms with Crippen LogP contribution in [0.25, 0.3) is 0 Å². The van der Waals surface area contributed by atoms with Crippen LogP contribution in [0, 0.1) is 0 Å². The van der Waals surface area contributed by atoms with Crippen molar-refractivity contribution in [3.63, 3.8) is 0 Å². The van der Waals surface area contributed by atoms with E-state index in [1.807, 2.05) is 41.3 Å². The van der Waals surface area contributed by atoms with E-state index in [0.717, 1.165) is 49.7 Å². The molecule has 0 saturated carbocycles. The van der Waals surface area contributed by atoms with E-state index in [-0.39, 0.29) is 5.91 Å². The van der Waals surface area contributed by atoms with Crippen LogP contribution >= 0.6 is 11.8 Å². The second-order valence-electron chi connectivity index (χ2n) is 7.65. The standard InChI is InChI=1S/C25H28N2O3S/c1-29-22-10-8-20(9-11-22)18-26-13-5-14-27(16-15-26)25(28)24-21(12-17-30-24)19-31-23-6-3-2-4-7-23/h2-4,6-12,17H,5,13-16,18-19H2,1H3. The molecular weight excluding hydrogens is 408 g/mol. The fourth-order valence-corrected chi connectivity index (χ4v) is 4.68. The van der Waals surface area contributed by atoms with Crippen LogP contribution in [-0.2, 0) is 12.3 Å². The van der Waals surface area contributed by atoms with Crippen LogP contribution in [0.1, 0.15) is 28.1 Å². The number of hydrogen-bond donors (Lipinski definition) is 0. The second kappa shape index (κ2) is 10.6. The predicted octanol–water partition coefficient (Wildman–Crippen LogP) is 4.93. The van der Waals surface area contributed by atoms with Crippen molar-refractivity contribution in [3.8, 4) is 5.75 Å². The molecule has 5 nitrogen and oxygen atoms in total. The Labute approximate surface area is 188 Å². The first-order valence-electron chi connectivity index (χ1n) is 10.6. The summed E-state index contributed by atoms with van der Waals surface area (Å²) in [5.74, 6) is 2.07. The number of ether oxygens (including phenoxy) is 1. The Morgan fingerprint density at radius 2 is 1.81 bits per heavy atom. The Kier molecular flexibility index (Phi) is 7.33. The lowest BCUT2D eigenvalue weighted by Crippen LogP contribution is -2.35. The fourth-order valence-electron chi connectivity index (χ4n) is 3.78. The van der Waals surface area contributed by atoms with Crippen molar-refractivity contribution in [1.29, 1.82) is 0 Å². The van der Waals surface area contributed by atoms with Gasteiger partial charge in [-0.1, -0.05) is 30.3 Å². The molecule has 162 valence electrons. The lowest BCUT2D eigenvalue weighted by Gasteiger charge is -2.22. The molecule has 0 N–H and O–H groups in total. The molecular formula is C25H28N2O3S. The molecule has 0 aliphatic carbocycles. The van der Waals surface area contributed by atoms with Crippen LogP contribution in [0.15, 0.2) is 76.2 Å². The van der Waals surface area contributed by atoms with Gasteiger partial charge in [-0.05, 0) is 42.3 Å². The van der Waals surface area contributed by atoms with E-state index < -0.39 is 0 Å². The van der Waals surface area contributed by atoms with Gasteiger partial charge in [-0.25, -0.2) is 0 Å². The number of nitrogens with zero attached hydrogens (tertiary/aromatic N) is 2. The Morgan fingerprint density at radius 3 is 2.58 bits per heavy atom. The molecule has 1 saturated heterocycles. The zero-order chi connectivity index (χ0) is 21.5. The van der Waals surface area contributed by atoms with E-state index in [9.17, 15) is 4.79 Å². The summed E-state index contributed by atoms with van der Waals surface area (Å²) in [5, 5.41) is 0. The van der Waals surface area contributed by atoms with Crippen LogP contribution < -0.4 is 4.74 Å². The molecule has 0 bridgehead atoms. The van der Waals surface area contributed by atoms with Crippen molar-refractivity contribution in [3.05, 3.63) is 83.8 Å². The molecule has 6 heteroatoms. The monoisotopic (exact) mass is 436 g/mol. The Bertz CT molecular complexity index is 972. The quantitative estimate of drug-likeness (QED) is 0.492. The number of rotatable bonds is 7. The van der Waals surface area contributed by atoms with Gasteiger partial charge >= 0.3 is 0 Å². The first-order chi connectivity index (χ1) is 15.2. The smallest absolute Gasteiger partial charge is 0.289 e. The highest BCUT2D eigenvalue weighted by atomic mass is 32.2. The third kappa shape index (κ3) is 5.71. The first-order valence-corrected chi connectivity index (χ1v) is 11.6. The van der Waals surface area contributed by atoms with Gasteiger partial charge in [0, 0.05) is 48.9 Å². The van der Waals surface area contributed by atoms with Crippen molar-refractivity contribution >= 4 is 17.7 Å². The van der Waals surface area contributed by atoms with Crippen molar-refractivity contribution in [1.82, 2.24) is 9.80 Å². The first kappa shape index (κ1) is 21.5. The van der Waals surface area contributed by atoms with E-state index in [0.29, 0.717) is 12.3 Å². The van der Waals surface area contributed by atoms with Gasteiger partial charge in [-0.3, -0.25) is 9.69 Å². The number of carbonyl (C=O) groups is 1. The van der Waals surface area contributed by atoms with Crippen LogP contribution in [0.3, 0.4) is 0 Å². The highest BCUT2D eigenvalue weighted by molar-refractivity contribution is 7.98. The third-order valence-electron chi connectivity index (χ3n) is 5.52. The zero-order valence-corrected chi connectivity index (χ0v) is 18.6. The highest BCUT2D eigenvalue weighted by Gasteiger charge is 2.24. The van der Waals surface area contributed by atoms with Crippen molar-refractivity contribution in [2.75, 3.05) is 33.3 Å². The molecule has 0 unspecified atom stereocenters. The predicted molar refractivity (Wildman–Crippen MR) is 124 cm³/mol. The summed E-state index contributed by atoms with van der Waals surface area (Å²) >= 11 is 1.72. The summed E-state index contributed by atoms with van der Waals surface area (Å²) in [5.41, 5.74) is 2.21. The SMILES string of the molecule is COc1ccc(CN2CCCN(C(=O)c3occc3CSc3ccccc3)CC2)cc1. The average molecular weight is 437 g/mol. The molecule has 2 aromatic carbocycles. The Hall–Kier alpha value is -2.70. The van der Waals surface area contributed by atoms with Crippen LogP contribution in [0.5, 0.6) is 5.75 Å². The number of furan rings is 1. The van der Waals surface area contributed by atoms with E-state index in [1.165, 1.54) is 10.5 Å². The Balaban J connectivity index is 1.34. The van der Waals surface area contributed by atoms with Gasteiger partial charge in [-0.2, -0.15) is 0 Å². The average Bonchev–Trinajstić information content (AvgIpc) is 3.17. The fraction of sp³-hybridized carbons (Fsp3) is 0.320. The molecule has 31 heavy (non-hydrogen) atoms. The van der Waals surface area contributed by atoms with Crippen LogP contribution in [0.4, 0.5) is 0 Å². The zero-order valence-electron chi connectivity index (χ0n) is 17.8. The number of benzene rings is 2. The number of thioether (sulfide) groups is 1. The summed E-state index contributed by atoms with van der Waals surface area (Å²) in [4.78, 5) is 18.7. The van der Waals surface area contributed by atoms with E-state index in [2.05, 4.69) is 29.2 Å². The molecule has 0 atom stereocenters. The normalized spacial score (nSPS) is 14.9. The largest absolute Gasteiger partial charge is 0.497 e. The maximum absolute atomic E-state index is 13.2. The van der Waals surface area contributed by atoms with Gasteiger partial charge in [0.1, 0.15) is 5.75 Å². The van der Waals surface area contributed by atoms with E-state index in [4.69, 9.17) is 9.15 Å². The van der Waals surface area contributed by atoms with Gasteiger partial charge in [0.2, 0.25) is 0 Å². The van der Waals surface area contributed by atoms with Gasteiger partial charge in [0.15, 0.2) is 5.76 Å². The molecule has 1 aliphatic rings. The number of hydrogen-bond acceptors (Lipinski definition) is 5. The lowest BCUT2D eigenvalue weighted by atomic mass is 10.2. The van der Waals surface area contributed by atoms with Crippen LogP contribution in [-0.4, -0.2) is 49.0 Å². The summed E-state index contributed by atoms with van der Waals surface area (Å²) in [6.07, 6.45) is 2.58. The number of carbonyl (C=O) groups excluding carboxylic acids is 1. The molecule has 0 radical (unpaired) electrons. The maximum Gasteiger partial charge on any atom is 0.289 e. The molecule has 0 spiro atoms. The summed E-state index contributed by atoms with van der Waals surface area (Å²) in [6, 6.07) is 20.3. The van der Waals surface area contributed by atoms with Crippen molar-refractivity contribution < 1.29 is 13.9 Å². The van der Waals surface area contributed by atoms with Crippen molar-refractivity contribution in [2.45, 2.75) is 23.6 Å². The van der Waals surface area contributed by atoms with Crippen molar-refractivity contribution in [2.24, 2.45) is 0 Å². The van der Waals surface area contributed by atoms with E-state index >= 15 is 0 Å². The minimum absolute atomic E-state index is 0.0000378. The second-order valence-corrected chi connectivity index (χ2v) is 8.70. The topological polar surface area (TPSA) is 45.9 Å². The summed E-state index contributed by atoms with van der Waals surface area (Å²) in [6.45, 7) is 4.17. The third-order valence-corrected chi connectivity index (χ3v) is 6.58. The minimum atomic E-state index is -0.0000378. The lowest BCUT2D eigenvalue weighted by molar-refractivity contribution is 0.0728. The molecule has 1 aromatic heterocycles. The number of amides is 1. The maximum atomic E-state index is 13.2. The molecule has 1 amide bonds. The van der Waals surface area contributed by atoms with Gasteiger partial charge < -0.3 is 14.1 Å². The van der Waals surface area contributed by atoms with Gasteiger partial charge in [-0.15, -0.1) is 11.8 Å². The molecule has 2 heterocycles. The summed E-state index contributed by atoms with van der Waals surface area (Å²) in [7, 11) is 1.68. The van der Waals surface area contributed by atoms with Gasteiger partial charge in [0.05, 0.1) is 13.4 Å². The Morgan fingerprint density at radius 1 is 1.00 bits per heavy atom. The molecule has 1 aliphatic heterocycles. The van der Waals surface area contributed by atoms with Crippen LogP contribution in [0.2, 0.25) is 0 Å². The molecule has 4 rings (SSSR count). The minimum Gasteiger partial charge on any atom is -0.497 e. The molecule has 1 fully saturated rings. The van der Waals surface area contributed by atoms with Gasteiger partial charge in [0.25, 0.3) is 5.91 Å².